The molecule has 0 rings (SSSR count). The van der Waals surface area contributed by atoms with Gasteiger partial charge in [0.05, 0.1) is 33.8 Å². The lowest BCUT2D eigenvalue weighted by Crippen LogP contribution is -2.47. The van der Waals surface area contributed by atoms with Crippen molar-refractivity contribution in [3.05, 3.63) is 85.1 Å². The van der Waals surface area contributed by atoms with Crippen LogP contribution in [-0.4, -0.2) is 74.3 Å². The van der Waals surface area contributed by atoms with Crippen LogP contribution in [0.4, 0.5) is 0 Å². The second kappa shape index (κ2) is 60.3. The molecule has 1 amide bonds. The minimum atomic E-state index is -4.46. The van der Waals surface area contributed by atoms with Gasteiger partial charge in [-0.25, -0.2) is 4.57 Å². The minimum Gasteiger partial charge on any atom is -0.456 e. The maximum atomic E-state index is 13.6. The molecule has 0 bridgehead atoms. The number of carbonyl (C=O) groups is 2. The molecule has 3 unspecified atom stereocenters. The molecule has 0 heterocycles. The molecule has 0 aliphatic rings. The number of quaternary nitrogens is 1. The molecule has 9 nitrogen and oxygen atoms in total. The molecule has 0 spiro atoms. The summed E-state index contributed by atoms with van der Waals surface area (Å²) in [4.78, 5) is 37.8. The molecule has 0 fully saturated rings. The Hall–Kier alpha value is -2.81. The van der Waals surface area contributed by atoms with Crippen LogP contribution in [-0.2, 0) is 27.9 Å². The zero-order valence-corrected chi connectivity index (χ0v) is 54.7. The number of hydrogen-bond acceptors (Lipinski definition) is 6. The Kier molecular flexibility index (Phi) is 58.2. The van der Waals surface area contributed by atoms with E-state index in [4.69, 9.17) is 13.8 Å². The molecule has 10 heteroatoms. The maximum Gasteiger partial charge on any atom is 0.472 e. The average molecular weight is 1150 g/mol. The van der Waals surface area contributed by atoms with Gasteiger partial charge in [0, 0.05) is 12.8 Å². The van der Waals surface area contributed by atoms with Crippen molar-refractivity contribution in [2.24, 2.45) is 0 Å². The van der Waals surface area contributed by atoms with Crippen molar-refractivity contribution in [2.75, 3.05) is 40.9 Å². The Morgan fingerprint density at radius 2 is 0.790 bits per heavy atom. The lowest BCUT2D eigenvalue weighted by molar-refractivity contribution is -0.870. The molecule has 0 aliphatic heterocycles. The SMILES string of the molecule is CC/C=C\C/C=C\C/C=C\C/C=C\C/C=C\C/C=C\CCCCCCCCC(=O)OC(/C=C/CCCCCCCCCCC)C(COP(=O)(O)OCC[N+](C)(C)C)NC(=O)CCCCCCCCCCCCCCCCCCCCC. The summed E-state index contributed by atoms with van der Waals surface area (Å²) in [6, 6.07) is -0.857. The number of likely N-dealkylation sites (N-methyl/N-ethyl adjacent to an activating group) is 1. The summed E-state index contributed by atoms with van der Waals surface area (Å²) in [5.74, 6) is -0.515. The highest BCUT2D eigenvalue weighted by Crippen LogP contribution is 2.43. The van der Waals surface area contributed by atoms with Crippen LogP contribution < -0.4 is 5.32 Å². The second-order valence-electron chi connectivity index (χ2n) is 24.0. The fraction of sp³-hybridized carbons (Fsp3) is 0.775. The van der Waals surface area contributed by atoms with E-state index in [0.29, 0.717) is 17.4 Å². The van der Waals surface area contributed by atoms with Gasteiger partial charge in [0.25, 0.3) is 0 Å². The zero-order chi connectivity index (χ0) is 59.3. The number of carbonyl (C=O) groups excluding carboxylic acids is 2. The normalized spacial score (nSPS) is 14.1. The number of amides is 1. The highest BCUT2D eigenvalue weighted by Gasteiger charge is 2.30. The van der Waals surface area contributed by atoms with Crippen molar-refractivity contribution in [3.63, 3.8) is 0 Å². The van der Waals surface area contributed by atoms with Crippen molar-refractivity contribution in [1.29, 1.82) is 0 Å². The van der Waals surface area contributed by atoms with Crippen molar-refractivity contribution in [2.45, 2.75) is 315 Å². The van der Waals surface area contributed by atoms with Gasteiger partial charge in [-0.05, 0) is 83.1 Å². The zero-order valence-electron chi connectivity index (χ0n) is 53.8. The molecule has 0 radical (unpaired) electrons. The average Bonchev–Trinajstić information content (AvgIpc) is 3.43. The summed E-state index contributed by atoms with van der Waals surface area (Å²) in [5, 5.41) is 3.06. The number of allylic oxidation sites excluding steroid dienone is 13. The second-order valence-corrected chi connectivity index (χ2v) is 25.4. The molecule has 0 aromatic rings. The first-order valence-corrected chi connectivity index (χ1v) is 35.4. The highest BCUT2D eigenvalue weighted by molar-refractivity contribution is 7.47. The van der Waals surface area contributed by atoms with E-state index in [1.807, 2.05) is 33.3 Å². The summed E-state index contributed by atoms with van der Waals surface area (Å²) in [6.07, 6.45) is 80.2. The number of rotatable bonds is 61. The Morgan fingerprint density at radius 1 is 0.444 bits per heavy atom. The topological polar surface area (TPSA) is 111 Å². The predicted octanol–water partition coefficient (Wildman–Crippen LogP) is 21.3. The maximum absolute atomic E-state index is 13.6. The minimum absolute atomic E-state index is 0.0360. The quantitative estimate of drug-likeness (QED) is 0.0205. The van der Waals surface area contributed by atoms with Gasteiger partial charge in [-0.1, -0.05) is 292 Å². The van der Waals surface area contributed by atoms with Gasteiger partial charge in [-0.15, -0.1) is 0 Å². The van der Waals surface area contributed by atoms with E-state index in [0.717, 1.165) is 122 Å². The van der Waals surface area contributed by atoms with Crippen molar-refractivity contribution >= 4 is 19.7 Å². The van der Waals surface area contributed by atoms with Gasteiger partial charge in [-0.2, -0.15) is 0 Å². The van der Waals surface area contributed by atoms with Crippen LogP contribution in [0.15, 0.2) is 85.1 Å². The smallest absolute Gasteiger partial charge is 0.456 e. The summed E-state index contributed by atoms with van der Waals surface area (Å²) in [6.45, 7) is 6.91. The van der Waals surface area contributed by atoms with Crippen LogP contribution in [0.3, 0.4) is 0 Å². The third-order valence-electron chi connectivity index (χ3n) is 14.8. The third kappa shape index (κ3) is 61.6. The number of phosphoric ester groups is 1. The first kappa shape index (κ1) is 78.2. The number of nitrogens with one attached hydrogen (secondary N) is 1. The monoisotopic (exact) mass is 1150 g/mol. The summed E-state index contributed by atoms with van der Waals surface area (Å²) in [5.41, 5.74) is 0. The number of ether oxygens (including phenoxy) is 1. The Bertz CT molecular complexity index is 1660. The largest absolute Gasteiger partial charge is 0.472 e. The Morgan fingerprint density at radius 3 is 1.19 bits per heavy atom. The molecule has 0 saturated carbocycles. The first-order chi connectivity index (χ1) is 39.4. The summed E-state index contributed by atoms with van der Waals surface area (Å²) in [7, 11) is 1.49. The molecule has 0 saturated heterocycles. The molecule has 3 atom stereocenters. The van der Waals surface area contributed by atoms with Crippen LogP contribution >= 0.6 is 7.82 Å². The number of hydrogen-bond donors (Lipinski definition) is 2. The van der Waals surface area contributed by atoms with E-state index < -0.39 is 20.0 Å². The van der Waals surface area contributed by atoms with Gasteiger partial charge in [-0.3, -0.25) is 18.6 Å². The molecule has 0 aliphatic carbocycles. The molecule has 2 N–H and O–H groups in total. The first-order valence-electron chi connectivity index (χ1n) is 33.9. The standard InChI is InChI=1S/C71H129N2O7P/c1-7-10-13-16-19-22-25-27-29-31-33-34-35-36-37-38-40-42-44-46-49-52-55-58-61-64-71(75)80-69(62-59-56-53-50-47-24-21-18-15-12-9-3)68(67-79-81(76,77)78-66-65-73(4,5)6)72-70(74)63-60-57-54-51-48-45-43-41-39-32-30-28-26-23-20-17-14-11-8-2/h10,13,19,22,27,29,33-34,36-37,40,42,59,62,68-69H,7-9,11-12,14-18,20-21,23-26,28,30-32,35,38-39,41,43-58,60-61,63-67H2,1-6H3,(H-,72,74,76,77)/p+1/b13-10-,22-19-,29-27-,34-33-,37-36-,42-40-,62-59+. The number of esters is 1. The van der Waals surface area contributed by atoms with E-state index in [1.54, 1.807) is 0 Å². The van der Waals surface area contributed by atoms with Gasteiger partial charge >= 0.3 is 13.8 Å². The van der Waals surface area contributed by atoms with E-state index in [-0.39, 0.29) is 31.5 Å². The van der Waals surface area contributed by atoms with E-state index >= 15 is 0 Å². The van der Waals surface area contributed by atoms with Gasteiger partial charge in [0.2, 0.25) is 5.91 Å². The fourth-order valence-corrected chi connectivity index (χ4v) is 10.4. The van der Waals surface area contributed by atoms with Gasteiger partial charge < -0.3 is 19.4 Å². The third-order valence-corrected chi connectivity index (χ3v) is 15.8. The van der Waals surface area contributed by atoms with Crippen LogP contribution in [0.5, 0.6) is 0 Å². The van der Waals surface area contributed by atoms with Gasteiger partial charge in [0.1, 0.15) is 19.3 Å². The van der Waals surface area contributed by atoms with E-state index in [2.05, 4.69) is 99.0 Å². The molecular weight excluding hydrogens is 1020 g/mol. The molecule has 0 aromatic heterocycles. The molecule has 81 heavy (non-hydrogen) atoms. The van der Waals surface area contributed by atoms with Crippen LogP contribution in [0.25, 0.3) is 0 Å². The lowest BCUT2D eigenvalue weighted by Gasteiger charge is -2.27. The number of phosphoric acid groups is 1. The lowest BCUT2D eigenvalue weighted by atomic mass is 10.0. The molecule has 470 valence electrons. The summed E-state index contributed by atoms with van der Waals surface area (Å²) < 4.78 is 30.8. The van der Waals surface area contributed by atoms with E-state index in [1.165, 1.54) is 148 Å². The van der Waals surface area contributed by atoms with Crippen molar-refractivity contribution < 1.29 is 37.3 Å². The Balaban J connectivity index is 5.12. The number of unbranched alkanes of at least 4 members (excludes halogenated alkanes) is 33. The molecular formula is C71H130N2O7P+. The van der Waals surface area contributed by atoms with Crippen LogP contribution in [0, 0.1) is 0 Å². The predicted molar refractivity (Wildman–Crippen MR) is 351 cm³/mol. The fourth-order valence-electron chi connectivity index (χ4n) is 9.65. The Labute approximate surface area is 501 Å². The summed E-state index contributed by atoms with van der Waals surface area (Å²) >= 11 is 0. The van der Waals surface area contributed by atoms with Crippen molar-refractivity contribution in [3.8, 4) is 0 Å². The van der Waals surface area contributed by atoms with Crippen LogP contribution in [0.1, 0.15) is 303 Å². The van der Waals surface area contributed by atoms with Crippen molar-refractivity contribution in [1.82, 2.24) is 5.32 Å². The van der Waals surface area contributed by atoms with Gasteiger partial charge in [0.15, 0.2) is 0 Å². The highest BCUT2D eigenvalue weighted by atomic mass is 31.2. The molecule has 0 aromatic carbocycles. The van der Waals surface area contributed by atoms with Crippen LogP contribution in [0.2, 0.25) is 0 Å². The van der Waals surface area contributed by atoms with E-state index in [9.17, 15) is 19.0 Å². The number of nitrogens with zero attached hydrogens (tertiary/aromatic N) is 1.